The van der Waals surface area contributed by atoms with Crippen LogP contribution in [0.5, 0.6) is 0 Å². The summed E-state index contributed by atoms with van der Waals surface area (Å²) in [5, 5.41) is 3.12. The summed E-state index contributed by atoms with van der Waals surface area (Å²) in [6, 6.07) is 0.267. The molecule has 1 fully saturated rings. The molecule has 1 amide bonds. The molecule has 1 rings (SSSR count). The molecule has 1 saturated heterocycles. The van der Waals surface area contributed by atoms with Gasteiger partial charge in [0.2, 0.25) is 5.91 Å². The molecule has 0 aromatic carbocycles. The number of carbonyl (C=O) groups is 1. The van der Waals surface area contributed by atoms with Gasteiger partial charge in [-0.25, -0.2) is 0 Å². The van der Waals surface area contributed by atoms with Crippen molar-refractivity contribution in [2.75, 3.05) is 19.6 Å². The van der Waals surface area contributed by atoms with Crippen LogP contribution in [-0.2, 0) is 4.79 Å². The number of rotatable bonds is 5. The highest BCUT2D eigenvalue weighted by atomic mass is 16.1. The standard InChI is InChI=1S/C15H30N2O/c1-12(2)15(18)16-14(4)13(3)11-17-9-7-5-6-8-10-17/h12-14H,5-11H2,1-4H3,(H,16,18)/t13-,14+/m0/s1. The molecule has 1 heterocycles. The minimum atomic E-state index is 0.0813. The van der Waals surface area contributed by atoms with Gasteiger partial charge in [0.1, 0.15) is 0 Å². The number of nitrogens with one attached hydrogen (secondary N) is 1. The van der Waals surface area contributed by atoms with E-state index in [2.05, 4.69) is 24.1 Å². The van der Waals surface area contributed by atoms with Gasteiger partial charge in [-0.2, -0.15) is 0 Å². The van der Waals surface area contributed by atoms with Crippen molar-refractivity contribution in [2.24, 2.45) is 11.8 Å². The molecule has 0 aromatic rings. The fraction of sp³-hybridized carbons (Fsp3) is 0.933. The molecule has 0 aromatic heterocycles. The lowest BCUT2D eigenvalue weighted by atomic mass is 10.0. The van der Waals surface area contributed by atoms with Gasteiger partial charge in [0.25, 0.3) is 0 Å². The van der Waals surface area contributed by atoms with Gasteiger partial charge in [0.15, 0.2) is 0 Å². The van der Waals surface area contributed by atoms with Crippen LogP contribution in [0.2, 0.25) is 0 Å². The maximum Gasteiger partial charge on any atom is 0.222 e. The summed E-state index contributed by atoms with van der Waals surface area (Å²) in [6.07, 6.45) is 5.42. The number of amides is 1. The molecule has 2 atom stereocenters. The third-order valence-electron chi connectivity index (χ3n) is 3.99. The highest BCUT2D eigenvalue weighted by Crippen LogP contribution is 2.13. The Morgan fingerprint density at radius 1 is 1.06 bits per heavy atom. The van der Waals surface area contributed by atoms with Gasteiger partial charge in [-0.1, -0.05) is 33.6 Å². The Bertz CT molecular complexity index is 245. The van der Waals surface area contributed by atoms with Crippen LogP contribution in [0.25, 0.3) is 0 Å². The SMILES string of the molecule is CC(C)C(=O)N[C@H](C)[C@@H](C)CN1CCCCCC1. The largest absolute Gasteiger partial charge is 0.353 e. The van der Waals surface area contributed by atoms with E-state index in [0.29, 0.717) is 5.92 Å². The first-order valence-electron chi connectivity index (χ1n) is 7.53. The molecule has 1 aliphatic rings. The topological polar surface area (TPSA) is 32.3 Å². The van der Waals surface area contributed by atoms with Crippen LogP contribution in [0, 0.1) is 11.8 Å². The number of likely N-dealkylation sites (tertiary alicyclic amines) is 1. The predicted octanol–water partition coefficient (Wildman–Crippen LogP) is 2.66. The normalized spacial score (nSPS) is 21.4. The lowest BCUT2D eigenvalue weighted by molar-refractivity contribution is -0.124. The summed E-state index contributed by atoms with van der Waals surface area (Å²) in [5.74, 6) is 0.772. The van der Waals surface area contributed by atoms with Crippen molar-refractivity contribution in [1.29, 1.82) is 0 Å². The van der Waals surface area contributed by atoms with Gasteiger partial charge >= 0.3 is 0 Å². The van der Waals surface area contributed by atoms with Crippen LogP contribution in [0.1, 0.15) is 53.4 Å². The molecular weight excluding hydrogens is 224 g/mol. The van der Waals surface area contributed by atoms with Crippen molar-refractivity contribution in [1.82, 2.24) is 10.2 Å². The lowest BCUT2D eigenvalue weighted by Crippen LogP contribution is -2.43. The summed E-state index contributed by atoms with van der Waals surface area (Å²) >= 11 is 0. The summed E-state index contributed by atoms with van der Waals surface area (Å²) in [6.45, 7) is 11.8. The van der Waals surface area contributed by atoms with Crippen LogP contribution in [0.3, 0.4) is 0 Å². The van der Waals surface area contributed by atoms with E-state index >= 15 is 0 Å². The Balaban J connectivity index is 2.33. The summed E-state index contributed by atoms with van der Waals surface area (Å²) in [4.78, 5) is 14.2. The van der Waals surface area contributed by atoms with E-state index in [0.717, 1.165) is 6.54 Å². The Hall–Kier alpha value is -0.570. The van der Waals surface area contributed by atoms with Crippen LogP contribution in [0.4, 0.5) is 0 Å². The monoisotopic (exact) mass is 254 g/mol. The van der Waals surface area contributed by atoms with Gasteiger partial charge in [-0.15, -0.1) is 0 Å². The third-order valence-corrected chi connectivity index (χ3v) is 3.99. The predicted molar refractivity (Wildman–Crippen MR) is 76.5 cm³/mol. The van der Waals surface area contributed by atoms with E-state index in [1.807, 2.05) is 13.8 Å². The first-order chi connectivity index (χ1) is 8.50. The molecule has 0 radical (unpaired) electrons. The Kier molecular flexibility index (Phi) is 6.69. The minimum absolute atomic E-state index is 0.0813. The first kappa shape index (κ1) is 15.5. The summed E-state index contributed by atoms with van der Waals surface area (Å²) < 4.78 is 0. The zero-order valence-electron chi connectivity index (χ0n) is 12.5. The van der Waals surface area contributed by atoms with Crippen molar-refractivity contribution in [3.8, 4) is 0 Å². The second-order valence-electron chi connectivity index (χ2n) is 6.14. The lowest BCUT2D eigenvalue weighted by Gasteiger charge is -2.28. The molecule has 3 heteroatoms. The molecular formula is C15H30N2O. The second kappa shape index (κ2) is 7.78. The van der Waals surface area contributed by atoms with Gasteiger partial charge in [-0.3, -0.25) is 4.79 Å². The molecule has 1 N–H and O–H groups in total. The molecule has 106 valence electrons. The molecule has 18 heavy (non-hydrogen) atoms. The van der Waals surface area contributed by atoms with E-state index in [1.165, 1.54) is 38.8 Å². The average Bonchev–Trinajstić information content (AvgIpc) is 2.57. The number of hydrogen-bond acceptors (Lipinski definition) is 2. The Labute approximate surface area is 112 Å². The van der Waals surface area contributed by atoms with Crippen molar-refractivity contribution >= 4 is 5.91 Å². The van der Waals surface area contributed by atoms with Gasteiger partial charge in [-0.05, 0) is 38.8 Å². The smallest absolute Gasteiger partial charge is 0.222 e. The summed E-state index contributed by atoms with van der Waals surface area (Å²) in [7, 11) is 0. The van der Waals surface area contributed by atoms with E-state index in [-0.39, 0.29) is 17.9 Å². The third kappa shape index (κ3) is 5.38. The molecule has 3 nitrogen and oxygen atoms in total. The summed E-state index contributed by atoms with van der Waals surface area (Å²) in [5.41, 5.74) is 0. The van der Waals surface area contributed by atoms with Crippen LogP contribution < -0.4 is 5.32 Å². The van der Waals surface area contributed by atoms with E-state index < -0.39 is 0 Å². The van der Waals surface area contributed by atoms with E-state index in [4.69, 9.17) is 0 Å². The van der Waals surface area contributed by atoms with Crippen molar-refractivity contribution in [3.63, 3.8) is 0 Å². The Morgan fingerprint density at radius 2 is 1.61 bits per heavy atom. The molecule has 0 spiro atoms. The van der Waals surface area contributed by atoms with Crippen LogP contribution >= 0.6 is 0 Å². The zero-order chi connectivity index (χ0) is 13.5. The van der Waals surface area contributed by atoms with Gasteiger partial charge in [0.05, 0.1) is 0 Å². The molecule has 0 saturated carbocycles. The number of nitrogens with zero attached hydrogens (tertiary/aromatic N) is 1. The van der Waals surface area contributed by atoms with Gasteiger partial charge in [0, 0.05) is 18.5 Å². The van der Waals surface area contributed by atoms with Gasteiger partial charge < -0.3 is 10.2 Å². The van der Waals surface area contributed by atoms with Crippen LogP contribution in [-0.4, -0.2) is 36.5 Å². The highest BCUT2D eigenvalue weighted by molar-refractivity contribution is 5.78. The maximum atomic E-state index is 11.7. The van der Waals surface area contributed by atoms with Crippen molar-refractivity contribution < 1.29 is 4.79 Å². The highest BCUT2D eigenvalue weighted by Gasteiger charge is 2.19. The fourth-order valence-electron chi connectivity index (χ4n) is 2.42. The average molecular weight is 254 g/mol. The molecule has 0 unspecified atom stereocenters. The quantitative estimate of drug-likeness (QED) is 0.818. The second-order valence-corrected chi connectivity index (χ2v) is 6.14. The van der Waals surface area contributed by atoms with Crippen molar-refractivity contribution in [3.05, 3.63) is 0 Å². The molecule has 0 bridgehead atoms. The number of hydrogen-bond donors (Lipinski definition) is 1. The minimum Gasteiger partial charge on any atom is -0.353 e. The maximum absolute atomic E-state index is 11.7. The molecule has 1 aliphatic heterocycles. The fourth-order valence-corrected chi connectivity index (χ4v) is 2.42. The first-order valence-corrected chi connectivity index (χ1v) is 7.53. The number of carbonyl (C=O) groups excluding carboxylic acids is 1. The van der Waals surface area contributed by atoms with E-state index in [1.54, 1.807) is 0 Å². The van der Waals surface area contributed by atoms with Crippen molar-refractivity contribution in [2.45, 2.75) is 59.4 Å². The van der Waals surface area contributed by atoms with Crippen LogP contribution in [0.15, 0.2) is 0 Å². The van der Waals surface area contributed by atoms with E-state index in [9.17, 15) is 4.79 Å². The zero-order valence-corrected chi connectivity index (χ0v) is 12.5. The molecule has 0 aliphatic carbocycles. The Morgan fingerprint density at radius 3 is 2.11 bits per heavy atom.